The highest BCUT2D eigenvalue weighted by molar-refractivity contribution is 7.17. The van der Waals surface area contributed by atoms with Crippen molar-refractivity contribution in [3.8, 4) is 11.1 Å². The molecule has 1 amide bonds. The van der Waals surface area contributed by atoms with Gasteiger partial charge in [0.15, 0.2) is 0 Å². The number of thiophene rings is 1. The third kappa shape index (κ3) is 4.72. The van der Waals surface area contributed by atoms with E-state index in [1.54, 1.807) is 12.1 Å². The van der Waals surface area contributed by atoms with Crippen molar-refractivity contribution in [1.29, 1.82) is 0 Å². The average molecular weight is 480 g/mol. The summed E-state index contributed by atoms with van der Waals surface area (Å²) in [6.45, 7) is 8.30. The van der Waals surface area contributed by atoms with Gasteiger partial charge in [-0.25, -0.2) is 4.98 Å². The molecule has 0 aliphatic carbocycles. The van der Waals surface area contributed by atoms with Crippen LogP contribution < -0.4 is 10.9 Å². The summed E-state index contributed by atoms with van der Waals surface area (Å²) < 4.78 is 1.37. The van der Waals surface area contributed by atoms with E-state index in [2.05, 4.69) is 38.0 Å². The second kappa shape index (κ2) is 9.49. The molecule has 0 saturated heterocycles. The topological polar surface area (TPSA) is 64.0 Å². The Hall–Kier alpha value is -2.96. The molecule has 0 atom stereocenters. The van der Waals surface area contributed by atoms with Gasteiger partial charge in [-0.2, -0.15) is 0 Å². The first-order chi connectivity index (χ1) is 15.8. The zero-order valence-electron chi connectivity index (χ0n) is 19.1. The van der Waals surface area contributed by atoms with Gasteiger partial charge >= 0.3 is 0 Å². The van der Waals surface area contributed by atoms with Gasteiger partial charge in [-0.05, 0) is 40.7 Å². The SMILES string of the molecule is CC(C)c1cccc(C(C)C)c1NC(=O)Cn1cnc2scc(-c3ccc(Cl)cc3)c2c1=O. The van der Waals surface area contributed by atoms with E-state index in [9.17, 15) is 9.59 Å². The maximum absolute atomic E-state index is 13.3. The highest BCUT2D eigenvalue weighted by Gasteiger charge is 2.18. The number of aromatic nitrogens is 2. The molecular weight excluding hydrogens is 454 g/mol. The van der Waals surface area contributed by atoms with Crippen LogP contribution in [-0.2, 0) is 11.3 Å². The number of para-hydroxylation sites is 1. The lowest BCUT2D eigenvalue weighted by Gasteiger charge is -2.20. The minimum absolute atomic E-state index is 0.109. The van der Waals surface area contributed by atoms with Crippen LogP contribution in [-0.4, -0.2) is 15.5 Å². The number of nitrogens with one attached hydrogen (secondary N) is 1. The van der Waals surface area contributed by atoms with Crippen molar-refractivity contribution in [2.75, 3.05) is 5.32 Å². The highest BCUT2D eigenvalue weighted by atomic mass is 35.5. The lowest BCUT2D eigenvalue weighted by atomic mass is 9.92. The Kier molecular flexibility index (Phi) is 6.68. The molecule has 0 radical (unpaired) electrons. The second-order valence-electron chi connectivity index (χ2n) is 8.68. The number of rotatable bonds is 6. The molecule has 170 valence electrons. The fourth-order valence-electron chi connectivity index (χ4n) is 3.95. The quantitative estimate of drug-likeness (QED) is 0.336. The monoisotopic (exact) mass is 479 g/mol. The minimum atomic E-state index is -0.253. The van der Waals surface area contributed by atoms with Crippen LogP contribution in [0, 0.1) is 0 Å². The van der Waals surface area contributed by atoms with Crippen molar-refractivity contribution in [2.24, 2.45) is 0 Å². The Morgan fingerprint density at radius 3 is 2.30 bits per heavy atom. The third-order valence-electron chi connectivity index (χ3n) is 5.67. The van der Waals surface area contributed by atoms with Crippen LogP contribution in [0.1, 0.15) is 50.7 Å². The lowest BCUT2D eigenvalue weighted by Crippen LogP contribution is -2.28. The average Bonchev–Trinajstić information content (AvgIpc) is 3.21. The molecule has 2 aromatic carbocycles. The molecule has 0 fully saturated rings. The minimum Gasteiger partial charge on any atom is -0.324 e. The van der Waals surface area contributed by atoms with Gasteiger partial charge in [0.2, 0.25) is 5.91 Å². The van der Waals surface area contributed by atoms with Crippen molar-refractivity contribution in [3.05, 3.63) is 80.7 Å². The van der Waals surface area contributed by atoms with E-state index in [1.165, 1.54) is 22.2 Å². The van der Waals surface area contributed by atoms with Crippen LogP contribution in [0.2, 0.25) is 5.02 Å². The van der Waals surface area contributed by atoms with Gasteiger partial charge in [0.25, 0.3) is 5.56 Å². The molecule has 0 bridgehead atoms. The molecule has 5 nitrogen and oxygen atoms in total. The maximum atomic E-state index is 13.3. The van der Waals surface area contributed by atoms with Crippen LogP contribution in [0.15, 0.2) is 59.0 Å². The van der Waals surface area contributed by atoms with Gasteiger partial charge in [0.1, 0.15) is 11.4 Å². The van der Waals surface area contributed by atoms with E-state index in [1.807, 2.05) is 35.7 Å². The third-order valence-corrected chi connectivity index (χ3v) is 6.81. The van der Waals surface area contributed by atoms with Crippen LogP contribution >= 0.6 is 22.9 Å². The molecule has 2 aromatic heterocycles. The first-order valence-electron chi connectivity index (χ1n) is 10.9. The molecular formula is C26H26ClN3O2S. The summed E-state index contributed by atoms with van der Waals surface area (Å²) in [5.74, 6) is 0.261. The van der Waals surface area contributed by atoms with Crippen LogP contribution in [0.25, 0.3) is 21.3 Å². The molecule has 0 unspecified atom stereocenters. The van der Waals surface area contributed by atoms with E-state index in [0.29, 0.717) is 15.2 Å². The number of carbonyl (C=O) groups excluding carboxylic acids is 1. The normalized spacial score (nSPS) is 11.5. The fraction of sp³-hybridized carbons (Fsp3) is 0.269. The highest BCUT2D eigenvalue weighted by Crippen LogP contribution is 2.33. The van der Waals surface area contributed by atoms with Crippen molar-refractivity contribution in [2.45, 2.75) is 46.1 Å². The van der Waals surface area contributed by atoms with Gasteiger partial charge in [0.05, 0.1) is 11.7 Å². The first kappa shape index (κ1) is 23.2. The van der Waals surface area contributed by atoms with Crippen molar-refractivity contribution < 1.29 is 4.79 Å². The summed E-state index contributed by atoms with van der Waals surface area (Å²) in [6.07, 6.45) is 1.45. The molecule has 4 aromatic rings. The molecule has 1 N–H and O–H groups in total. The van der Waals surface area contributed by atoms with E-state index in [4.69, 9.17) is 11.6 Å². The number of hydrogen-bond acceptors (Lipinski definition) is 4. The molecule has 0 spiro atoms. The number of nitrogens with zero attached hydrogens (tertiary/aromatic N) is 2. The summed E-state index contributed by atoms with van der Waals surface area (Å²) in [7, 11) is 0. The molecule has 0 saturated carbocycles. The van der Waals surface area contributed by atoms with E-state index < -0.39 is 0 Å². The maximum Gasteiger partial charge on any atom is 0.263 e. The van der Waals surface area contributed by atoms with Crippen molar-refractivity contribution in [1.82, 2.24) is 9.55 Å². The molecule has 0 aliphatic heterocycles. The smallest absolute Gasteiger partial charge is 0.263 e. The van der Waals surface area contributed by atoms with E-state index in [-0.39, 0.29) is 29.8 Å². The van der Waals surface area contributed by atoms with E-state index >= 15 is 0 Å². The van der Waals surface area contributed by atoms with Crippen LogP contribution in [0.5, 0.6) is 0 Å². The van der Waals surface area contributed by atoms with Crippen molar-refractivity contribution >= 4 is 44.7 Å². The molecule has 7 heteroatoms. The van der Waals surface area contributed by atoms with E-state index in [0.717, 1.165) is 27.9 Å². The van der Waals surface area contributed by atoms with Gasteiger partial charge < -0.3 is 5.32 Å². The number of hydrogen-bond donors (Lipinski definition) is 1. The summed E-state index contributed by atoms with van der Waals surface area (Å²) in [6, 6.07) is 13.4. The van der Waals surface area contributed by atoms with Gasteiger partial charge in [0, 0.05) is 21.7 Å². The molecule has 33 heavy (non-hydrogen) atoms. The predicted octanol–water partition coefficient (Wildman–Crippen LogP) is 6.66. The van der Waals surface area contributed by atoms with Gasteiger partial charge in [-0.3, -0.25) is 14.2 Å². The van der Waals surface area contributed by atoms with Crippen LogP contribution in [0.3, 0.4) is 0 Å². The second-order valence-corrected chi connectivity index (χ2v) is 9.98. The summed E-state index contributed by atoms with van der Waals surface area (Å²) in [5, 5.41) is 6.14. The van der Waals surface area contributed by atoms with Crippen LogP contribution in [0.4, 0.5) is 5.69 Å². The Bertz CT molecular complexity index is 1340. The number of fused-ring (bicyclic) bond motifs is 1. The lowest BCUT2D eigenvalue weighted by molar-refractivity contribution is -0.116. The Labute approximate surface area is 202 Å². The number of benzene rings is 2. The van der Waals surface area contributed by atoms with Crippen molar-refractivity contribution in [3.63, 3.8) is 0 Å². The van der Waals surface area contributed by atoms with Gasteiger partial charge in [-0.1, -0.05) is 69.6 Å². The zero-order valence-corrected chi connectivity index (χ0v) is 20.6. The van der Waals surface area contributed by atoms with Gasteiger partial charge in [-0.15, -0.1) is 11.3 Å². The molecule has 2 heterocycles. The number of halogens is 1. The molecule has 0 aliphatic rings. The zero-order chi connectivity index (χ0) is 23.7. The number of carbonyl (C=O) groups is 1. The number of amides is 1. The fourth-order valence-corrected chi connectivity index (χ4v) is 4.98. The summed E-state index contributed by atoms with van der Waals surface area (Å²) >= 11 is 7.42. The Balaban J connectivity index is 1.67. The summed E-state index contributed by atoms with van der Waals surface area (Å²) in [5.41, 5.74) is 4.46. The number of anilines is 1. The summed E-state index contributed by atoms with van der Waals surface area (Å²) in [4.78, 5) is 31.4. The first-order valence-corrected chi connectivity index (χ1v) is 12.2. The predicted molar refractivity (Wildman–Crippen MR) is 138 cm³/mol. The Morgan fingerprint density at radius 2 is 1.70 bits per heavy atom. The molecule has 4 rings (SSSR count). The largest absolute Gasteiger partial charge is 0.324 e. The Morgan fingerprint density at radius 1 is 1.06 bits per heavy atom. The standard InChI is InChI=1S/C26H26ClN3O2S/c1-15(2)19-6-5-7-20(16(3)4)24(19)29-22(31)12-30-14-28-25-23(26(30)32)21(13-33-25)17-8-10-18(27)11-9-17/h5-11,13-16H,12H2,1-4H3,(H,29,31).